The Morgan fingerprint density at radius 1 is 0.963 bits per heavy atom. The number of H-pyrrole nitrogens is 1. The first-order valence-corrected chi connectivity index (χ1v) is 9.85. The van der Waals surface area contributed by atoms with E-state index in [1.807, 2.05) is 0 Å². The van der Waals surface area contributed by atoms with Crippen LogP contribution in [0, 0.1) is 0 Å². The number of hydrogen-bond acceptors (Lipinski definition) is 5. The highest BCUT2D eigenvalue weighted by Gasteiger charge is 2.24. The Balaban J connectivity index is 1.26. The van der Waals surface area contributed by atoms with E-state index < -0.39 is 0 Å². The molecule has 2 fully saturated rings. The van der Waals surface area contributed by atoms with Crippen molar-refractivity contribution in [2.45, 2.75) is 69.5 Å². The number of carbonyl (C=O) groups is 1. The van der Waals surface area contributed by atoms with Crippen LogP contribution in [0.2, 0.25) is 0 Å². The Labute approximate surface area is 157 Å². The number of urea groups is 1. The lowest BCUT2D eigenvalue weighted by Gasteiger charge is -2.30. The molecule has 2 aromatic rings. The molecule has 0 bridgehead atoms. The molecule has 0 aliphatic heterocycles. The number of fused-ring (bicyclic) bond motifs is 1. The molecule has 2 amide bonds. The molecule has 0 atom stereocenters. The van der Waals surface area contributed by atoms with Gasteiger partial charge in [0.25, 0.3) is 0 Å². The Morgan fingerprint density at radius 3 is 2.37 bits per heavy atom. The highest BCUT2D eigenvalue weighted by Crippen LogP contribution is 2.22. The maximum absolute atomic E-state index is 12.1. The second-order valence-corrected chi connectivity index (χ2v) is 7.61. The molecule has 2 heterocycles. The van der Waals surface area contributed by atoms with E-state index in [0.717, 1.165) is 43.9 Å². The van der Waals surface area contributed by atoms with Crippen LogP contribution >= 0.6 is 0 Å². The lowest BCUT2D eigenvalue weighted by Crippen LogP contribution is -2.47. The number of hydrogen-bond donors (Lipinski definition) is 4. The SMILES string of the molecule is O=C(NC1CCCC1)NC1CCC(Nc2ncc3ccc(=O)[nH]c3n2)CC1. The van der Waals surface area contributed by atoms with Crippen LogP contribution in [-0.4, -0.2) is 39.1 Å². The molecule has 0 saturated heterocycles. The molecule has 0 unspecified atom stereocenters. The summed E-state index contributed by atoms with van der Waals surface area (Å²) in [4.78, 5) is 35.0. The van der Waals surface area contributed by atoms with Gasteiger partial charge in [-0.2, -0.15) is 4.98 Å². The van der Waals surface area contributed by atoms with E-state index in [1.54, 1.807) is 12.3 Å². The zero-order valence-corrected chi connectivity index (χ0v) is 15.3. The molecule has 27 heavy (non-hydrogen) atoms. The van der Waals surface area contributed by atoms with Crippen molar-refractivity contribution in [3.63, 3.8) is 0 Å². The molecule has 4 N–H and O–H groups in total. The Bertz CT molecular complexity index is 853. The smallest absolute Gasteiger partial charge is 0.315 e. The molecular weight excluding hydrogens is 344 g/mol. The fourth-order valence-electron chi connectivity index (χ4n) is 4.05. The van der Waals surface area contributed by atoms with E-state index in [-0.39, 0.29) is 23.7 Å². The summed E-state index contributed by atoms with van der Waals surface area (Å²) in [6.07, 6.45) is 10.1. The highest BCUT2D eigenvalue weighted by atomic mass is 16.2. The standard InChI is InChI=1S/C19H26N6O2/c26-16-10-5-12-11-20-18(25-17(12)24-16)21-14-6-8-15(9-7-14)23-19(27)22-13-3-1-2-4-13/h5,10-11,13-15H,1-4,6-9H2,(H2,22,23,27)(H2,20,21,24,25,26). The maximum Gasteiger partial charge on any atom is 0.315 e. The van der Waals surface area contributed by atoms with Gasteiger partial charge in [-0.25, -0.2) is 9.78 Å². The minimum absolute atomic E-state index is 0.0277. The predicted octanol–water partition coefficient (Wildman–Crippen LogP) is 2.28. The van der Waals surface area contributed by atoms with Gasteiger partial charge >= 0.3 is 6.03 Å². The van der Waals surface area contributed by atoms with Gasteiger partial charge in [-0.3, -0.25) is 4.79 Å². The maximum atomic E-state index is 12.1. The van der Waals surface area contributed by atoms with Crippen molar-refractivity contribution in [1.29, 1.82) is 0 Å². The second-order valence-electron chi connectivity index (χ2n) is 7.61. The zero-order chi connectivity index (χ0) is 18.6. The van der Waals surface area contributed by atoms with Crippen LogP contribution in [0.15, 0.2) is 23.1 Å². The first-order chi connectivity index (χ1) is 13.2. The summed E-state index contributed by atoms with van der Waals surface area (Å²) < 4.78 is 0. The molecule has 0 spiro atoms. The summed E-state index contributed by atoms with van der Waals surface area (Å²) in [5, 5.41) is 10.4. The van der Waals surface area contributed by atoms with Gasteiger partial charge in [0, 0.05) is 35.8 Å². The third kappa shape index (κ3) is 4.56. The third-order valence-electron chi connectivity index (χ3n) is 5.56. The molecule has 8 nitrogen and oxygen atoms in total. The predicted molar refractivity (Wildman–Crippen MR) is 104 cm³/mol. The lowest BCUT2D eigenvalue weighted by atomic mass is 9.91. The van der Waals surface area contributed by atoms with E-state index in [2.05, 4.69) is 30.9 Å². The number of nitrogens with zero attached hydrogens (tertiary/aromatic N) is 2. The fraction of sp³-hybridized carbons (Fsp3) is 0.579. The molecule has 8 heteroatoms. The molecule has 4 rings (SSSR count). The largest absolute Gasteiger partial charge is 0.351 e. The zero-order valence-electron chi connectivity index (χ0n) is 15.3. The molecule has 0 aromatic carbocycles. The molecule has 144 valence electrons. The van der Waals surface area contributed by atoms with Gasteiger partial charge in [0.15, 0.2) is 0 Å². The van der Waals surface area contributed by atoms with E-state index in [4.69, 9.17) is 0 Å². The minimum Gasteiger partial charge on any atom is -0.351 e. The van der Waals surface area contributed by atoms with Gasteiger partial charge in [0.2, 0.25) is 11.5 Å². The molecule has 2 aromatic heterocycles. The van der Waals surface area contributed by atoms with Gasteiger partial charge in [0.1, 0.15) is 5.65 Å². The topological polar surface area (TPSA) is 112 Å². The minimum atomic E-state index is -0.172. The average molecular weight is 370 g/mol. The number of rotatable bonds is 4. The average Bonchev–Trinajstić information content (AvgIpc) is 3.16. The monoisotopic (exact) mass is 370 g/mol. The Morgan fingerprint density at radius 2 is 1.63 bits per heavy atom. The Kier molecular flexibility index (Phi) is 5.22. The van der Waals surface area contributed by atoms with Crippen LogP contribution in [0.5, 0.6) is 0 Å². The number of anilines is 1. The molecule has 0 radical (unpaired) electrons. The van der Waals surface area contributed by atoms with Crippen LogP contribution in [0.25, 0.3) is 11.0 Å². The number of nitrogens with one attached hydrogen (secondary N) is 4. The van der Waals surface area contributed by atoms with Crippen molar-refractivity contribution >= 4 is 23.0 Å². The normalized spacial score (nSPS) is 23.3. The summed E-state index contributed by atoms with van der Waals surface area (Å²) in [6.45, 7) is 0. The van der Waals surface area contributed by atoms with Gasteiger partial charge < -0.3 is 20.9 Å². The van der Waals surface area contributed by atoms with E-state index >= 15 is 0 Å². The molecule has 2 saturated carbocycles. The summed E-state index contributed by atoms with van der Waals surface area (Å²) in [7, 11) is 0. The van der Waals surface area contributed by atoms with Gasteiger partial charge in [-0.15, -0.1) is 0 Å². The van der Waals surface area contributed by atoms with Crippen molar-refractivity contribution in [1.82, 2.24) is 25.6 Å². The second kappa shape index (κ2) is 7.94. The summed E-state index contributed by atoms with van der Waals surface area (Å²) in [6, 6.07) is 3.99. The van der Waals surface area contributed by atoms with E-state index in [1.165, 1.54) is 18.9 Å². The third-order valence-corrected chi connectivity index (χ3v) is 5.56. The highest BCUT2D eigenvalue weighted by molar-refractivity contribution is 5.75. The van der Waals surface area contributed by atoms with Crippen LogP contribution in [-0.2, 0) is 0 Å². The van der Waals surface area contributed by atoms with Crippen molar-refractivity contribution in [3.8, 4) is 0 Å². The summed E-state index contributed by atoms with van der Waals surface area (Å²) in [5.41, 5.74) is 0.369. The van der Waals surface area contributed by atoms with Crippen LogP contribution in [0.3, 0.4) is 0 Å². The molecular formula is C19H26N6O2. The van der Waals surface area contributed by atoms with E-state index in [9.17, 15) is 9.59 Å². The fourth-order valence-corrected chi connectivity index (χ4v) is 4.05. The number of aromatic amines is 1. The van der Waals surface area contributed by atoms with Crippen molar-refractivity contribution in [3.05, 3.63) is 28.7 Å². The number of pyridine rings is 1. The molecule has 2 aliphatic carbocycles. The van der Waals surface area contributed by atoms with Crippen LogP contribution in [0.1, 0.15) is 51.4 Å². The van der Waals surface area contributed by atoms with Crippen molar-refractivity contribution in [2.24, 2.45) is 0 Å². The summed E-state index contributed by atoms with van der Waals surface area (Å²) >= 11 is 0. The van der Waals surface area contributed by atoms with E-state index in [0.29, 0.717) is 17.6 Å². The Hall–Kier alpha value is -2.64. The number of aromatic nitrogens is 3. The van der Waals surface area contributed by atoms with Crippen molar-refractivity contribution in [2.75, 3.05) is 5.32 Å². The van der Waals surface area contributed by atoms with Gasteiger partial charge in [0.05, 0.1) is 0 Å². The lowest BCUT2D eigenvalue weighted by molar-refractivity contribution is 0.228. The molecule has 2 aliphatic rings. The van der Waals surface area contributed by atoms with Gasteiger partial charge in [-0.05, 0) is 44.6 Å². The first kappa shape index (κ1) is 17.8. The van der Waals surface area contributed by atoms with Gasteiger partial charge in [-0.1, -0.05) is 12.8 Å². The van der Waals surface area contributed by atoms with Crippen LogP contribution < -0.4 is 21.5 Å². The number of carbonyl (C=O) groups excluding carboxylic acids is 1. The quantitative estimate of drug-likeness (QED) is 0.660. The van der Waals surface area contributed by atoms with Crippen LogP contribution in [0.4, 0.5) is 10.7 Å². The number of amides is 2. The first-order valence-electron chi connectivity index (χ1n) is 9.85. The van der Waals surface area contributed by atoms with Crippen molar-refractivity contribution < 1.29 is 4.79 Å². The summed E-state index contributed by atoms with van der Waals surface area (Å²) in [5.74, 6) is 0.528.